The number of aliphatic carboxylic acids is 1. The van der Waals surface area contributed by atoms with Gasteiger partial charge < -0.3 is 10.5 Å². The smallest absolute Gasteiger partial charge is 0.312 e. The fraction of sp³-hybridized carbons (Fsp3) is 0.286. The number of rotatable bonds is 2. The molecule has 0 aromatic carbocycles. The number of allylic oxidation sites excluding steroid dienone is 2. The Morgan fingerprint density at radius 2 is 2.25 bits per heavy atom. The largest absolute Gasteiger partial charge is 0.481 e. The number of hydrazine groups is 1. The molecule has 4 nitrogen and oxygen atoms in total. The van der Waals surface area contributed by atoms with Crippen molar-refractivity contribution in [3.8, 4) is 0 Å². The maximum absolute atomic E-state index is 10.5. The first-order chi connectivity index (χ1) is 5.61. The highest BCUT2D eigenvalue weighted by atomic mass is 35.5. The average molecular weight is 189 g/mol. The molecule has 1 atom stereocenters. The van der Waals surface area contributed by atoms with Gasteiger partial charge in [0.25, 0.3) is 0 Å². The molecule has 0 aromatic rings. The first-order valence-electron chi connectivity index (χ1n) is 3.43. The molecule has 0 amide bonds. The van der Waals surface area contributed by atoms with Crippen LogP contribution < -0.4 is 10.9 Å². The van der Waals surface area contributed by atoms with Gasteiger partial charge >= 0.3 is 5.97 Å². The van der Waals surface area contributed by atoms with E-state index in [0.29, 0.717) is 10.9 Å². The molecule has 0 spiro atoms. The van der Waals surface area contributed by atoms with Gasteiger partial charge in [0.05, 0.1) is 5.92 Å². The molecule has 0 bridgehead atoms. The first-order valence-corrected chi connectivity index (χ1v) is 3.81. The van der Waals surface area contributed by atoms with E-state index in [1.54, 1.807) is 19.1 Å². The summed E-state index contributed by atoms with van der Waals surface area (Å²) < 4.78 is 0. The number of hydrogen-bond acceptors (Lipinski definition) is 3. The van der Waals surface area contributed by atoms with E-state index >= 15 is 0 Å². The van der Waals surface area contributed by atoms with Gasteiger partial charge in [0.1, 0.15) is 5.16 Å². The summed E-state index contributed by atoms with van der Waals surface area (Å²) in [6.07, 6.45) is 3.24. The molecule has 0 aliphatic carbocycles. The Morgan fingerprint density at radius 3 is 2.67 bits per heavy atom. The summed E-state index contributed by atoms with van der Waals surface area (Å²) in [5.41, 5.74) is 5.88. The van der Waals surface area contributed by atoms with E-state index in [2.05, 4.69) is 10.9 Å². The molecule has 0 aromatic heterocycles. The fourth-order valence-corrected chi connectivity index (χ4v) is 0.874. The maximum Gasteiger partial charge on any atom is 0.312 e. The van der Waals surface area contributed by atoms with Gasteiger partial charge in [-0.2, -0.15) is 0 Å². The zero-order valence-corrected chi connectivity index (χ0v) is 7.22. The Hall–Kier alpha value is -1.16. The predicted molar refractivity (Wildman–Crippen MR) is 45.1 cm³/mol. The number of carboxylic acid groups (broad SMARTS) is 1. The third-order valence-corrected chi connectivity index (χ3v) is 1.79. The Bertz CT molecular complexity index is 260. The predicted octanol–water partition coefficient (Wildman–Crippen LogP) is 0.779. The summed E-state index contributed by atoms with van der Waals surface area (Å²) >= 11 is 5.56. The monoisotopic (exact) mass is 188 g/mol. The lowest BCUT2D eigenvalue weighted by molar-refractivity contribution is -0.140. The highest BCUT2D eigenvalue weighted by Crippen LogP contribution is 2.11. The summed E-state index contributed by atoms with van der Waals surface area (Å²) in [7, 11) is 0. The van der Waals surface area contributed by atoms with Crippen LogP contribution in [-0.4, -0.2) is 11.1 Å². The Morgan fingerprint density at radius 1 is 1.58 bits per heavy atom. The third kappa shape index (κ3) is 1.92. The molecule has 0 saturated heterocycles. The van der Waals surface area contributed by atoms with Crippen LogP contribution in [0, 0.1) is 5.92 Å². The minimum absolute atomic E-state index is 0.441. The number of nitrogens with one attached hydrogen (secondary N) is 2. The molecule has 1 unspecified atom stereocenters. The Labute approximate surface area is 74.9 Å². The minimum atomic E-state index is -0.873. The number of carbonyl (C=O) groups is 1. The van der Waals surface area contributed by atoms with Crippen LogP contribution in [0.15, 0.2) is 23.0 Å². The fourth-order valence-electron chi connectivity index (χ4n) is 0.764. The summed E-state index contributed by atoms with van der Waals surface area (Å²) in [4.78, 5) is 10.5. The molecule has 1 heterocycles. The van der Waals surface area contributed by atoms with Crippen molar-refractivity contribution in [3.05, 3.63) is 23.0 Å². The van der Waals surface area contributed by atoms with Crippen LogP contribution in [0.1, 0.15) is 6.92 Å². The summed E-state index contributed by atoms with van der Waals surface area (Å²) in [6, 6.07) is 0. The number of carboxylic acids is 1. The number of halogens is 1. The number of hydrogen-bond donors (Lipinski definition) is 3. The van der Waals surface area contributed by atoms with Crippen molar-refractivity contribution >= 4 is 17.6 Å². The first kappa shape index (κ1) is 8.93. The van der Waals surface area contributed by atoms with E-state index in [4.69, 9.17) is 16.7 Å². The molecule has 1 rings (SSSR count). The lowest BCUT2D eigenvalue weighted by Gasteiger charge is -2.18. The maximum atomic E-state index is 10.5. The second-order valence-electron chi connectivity index (χ2n) is 2.45. The molecular weight excluding hydrogens is 180 g/mol. The highest BCUT2D eigenvalue weighted by Gasteiger charge is 2.17. The van der Waals surface area contributed by atoms with E-state index in [0.717, 1.165) is 0 Å². The molecule has 66 valence electrons. The van der Waals surface area contributed by atoms with Crippen LogP contribution in [0.4, 0.5) is 0 Å². The van der Waals surface area contributed by atoms with Gasteiger partial charge in [-0.25, -0.2) is 0 Å². The van der Waals surface area contributed by atoms with Gasteiger partial charge in [0, 0.05) is 5.70 Å². The quantitative estimate of drug-likeness (QED) is 0.561. The van der Waals surface area contributed by atoms with Crippen molar-refractivity contribution in [2.24, 2.45) is 5.92 Å². The van der Waals surface area contributed by atoms with Crippen molar-refractivity contribution in [3.63, 3.8) is 0 Å². The average Bonchev–Trinajstić information content (AvgIpc) is 2.04. The standard InChI is InChI=1S/C7H9ClN2O2/c1-4(7(11)12)5-2-3-6(8)10-9-5/h2-4,9-10H,1H3,(H,11,12). The lowest BCUT2D eigenvalue weighted by Crippen LogP contribution is -2.35. The topological polar surface area (TPSA) is 61.4 Å². The van der Waals surface area contributed by atoms with Crippen molar-refractivity contribution in [2.75, 3.05) is 0 Å². The van der Waals surface area contributed by atoms with E-state index in [9.17, 15) is 4.79 Å². The second-order valence-corrected chi connectivity index (χ2v) is 2.85. The van der Waals surface area contributed by atoms with Gasteiger partial charge in [-0.3, -0.25) is 10.2 Å². The molecule has 5 heteroatoms. The normalized spacial score (nSPS) is 18.2. The van der Waals surface area contributed by atoms with Crippen molar-refractivity contribution in [1.82, 2.24) is 10.9 Å². The van der Waals surface area contributed by atoms with Gasteiger partial charge in [0.2, 0.25) is 0 Å². The van der Waals surface area contributed by atoms with Crippen LogP contribution in [0.25, 0.3) is 0 Å². The van der Waals surface area contributed by atoms with E-state index in [1.165, 1.54) is 0 Å². The lowest BCUT2D eigenvalue weighted by atomic mass is 10.1. The minimum Gasteiger partial charge on any atom is -0.481 e. The van der Waals surface area contributed by atoms with Gasteiger partial charge in [-0.05, 0) is 19.1 Å². The molecule has 1 aliphatic rings. The molecule has 12 heavy (non-hydrogen) atoms. The van der Waals surface area contributed by atoms with Gasteiger partial charge in [-0.1, -0.05) is 11.6 Å². The molecule has 0 saturated carbocycles. The van der Waals surface area contributed by atoms with E-state index in [1.807, 2.05) is 0 Å². The van der Waals surface area contributed by atoms with Crippen LogP contribution in [0.3, 0.4) is 0 Å². The molecule has 3 N–H and O–H groups in total. The third-order valence-electron chi connectivity index (χ3n) is 1.57. The van der Waals surface area contributed by atoms with E-state index < -0.39 is 11.9 Å². The van der Waals surface area contributed by atoms with Gasteiger partial charge in [0.15, 0.2) is 0 Å². The van der Waals surface area contributed by atoms with Crippen LogP contribution >= 0.6 is 11.6 Å². The molecule has 0 radical (unpaired) electrons. The Kier molecular flexibility index (Phi) is 2.60. The summed E-state index contributed by atoms with van der Waals surface area (Å²) in [5, 5.41) is 9.08. The summed E-state index contributed by atoms with van der Waals surface area (Å²) in [6.45, 7) is 1.59. The van der Waals surface area contributed by atoms with Crippen LogP contribution in [-0.2, 0) is 4.79 Å². The Balaban J connectivity index is 2.71. The van der Waals surface area contributed by atoms with E-state index in [-0.39, 0.29) is 0 Å². The van der Waals surface area contributed by atoms with Crippen molar-refractivity contribution in [1.29, 1.82) is 0 Å². The van der Waals surface area contributed by atoms with Gasteiger partial charge in [-0.15, -0.1) is 0 Å². The highest BCUT2D eigenvalue weighted by molar-refractivity contribution is 6.29. The molecular formula is C7H9ClN2O2. The zero-order chi connectivity index (χ0) is 9.14. The second kappa shape index (κ2) is 3.49. The van der Waals surface area contributed by atoms with Crippen molar-refractivity contribution in [2.45, 2.75) is 6.92 Å². The molecule has 1 aliphatic heterocycles. The zero-order valence-electron chi connectivity index (χ0n) is 6.47. The summed E-state index contributed by atoms with van der Waals surface area (Å²) in [5.74, 6) is -1.43. The van der Waals surface area contributed by atoms with Crippen LogP contribution in [0.5, 0.6) is 0 Å². The molecule has 0 fully saturated rings. The SMILES string of the molecule is CC(C(=O)O)C1=CC=C(Cl)NN1. The van der Waals surface area contributed by atoms with Crippen LogP contribution in [0.2, 0.25) is 0 Å². The van der Waals surface area contributed by atoms with Crippen molar-refractivity contribution < 1.29 is 9.90 Å².